The fourth-order valence-corrected chi connectivity index (χ4v) is 7.92. The third kappa shape index (κ3) is 16.7. The number of pyridine rings is 1. The number of carbonyl (C=O) groups is 2. The standard InChI is InChI=1S/C18H17N.C15H27NO.C12H19NO.C6H11NO.C2H6/c1-2-6-14-9-10-16-11-12-17(19-18(16)13-14)15-7-4-3-5-8-15;1-4-6-7-8-9-11-13-12-15(13,16-3)14(17)10-5-2;1-2-4-12(14)13-8-3-5-11(13)9-10-6-7-10;8-6-7-4-2-1-3-5-7;1-2/h3-5,7-13H,2,6H2,1H3;9-11,13,16-17H,4-8,12H2,1-3H3;9,11H,2-8H2,1H3;6H,1-5H2;1-2H3/b;11-9-,14-10+;;;. The number of likely N-dealkylation sites (tertiary alicyclic amines) is 2. The van der Waals surface area contributed by atoms with Crippen molar-refractivity contribution in [2.24, 2.45) is 5.92 Å². The molecule has 2 saturated carbocycles. The minimum absolute atomic E-state index is 0.155. The van der Waals surface area contributed by atoms with Crippen molar-refractivity contribution in [3.05, 3.63) is 102 Å². The number of aryl methyl sites for hydroxylation is 1. The number of hydrogen-bond donors (Lipinski definition) is 2. The van der Waals surface area contributed by atoms with E-state index >= 15 is 0 Å². The number of fused-ring (bicyclic) bond motifs is 1. The molecule has 4 aliphatic rings. The van der Waals surface area contributed by atoms with Crippen molar-refractivity contribution < 1.29 is 14.7 Å². The Morgan fingerprint density at radius 3 is 2.25 bits per heavy atom. The second kappa shape index (κ2) is 28.3. The lowest BCUT2D eigenvalue weighted by molar-refractivity contribution is -0.131. The zero-order valence-corrected chi connectivity index (χ0v) is 38.6. The van der Waals surface area contributed by atoms with Crippen molar-refractivity contribution in [2.45, 2.75) is 162 Å². The predicted octanol–water partition coefficient (Wildman–Crippen LogP) is 13.0. The Kier molecular flexibility index (Phi) is 23.7. The minimum atomic E-state index is -0.155. The van der Waals surface area contributed by atoms with E-state index in [2.05, 4.69) is 111 Å². The first-order chi connectivity index (χ1) is 29.3. The molecule has 0 spiro atoms. The van der Waals surface area contributed by atoms with E-state index in [0.29, 0.717) is 23.6 Å². The van der Waals surface area contributed by atoms with E-state index in [1.54, 1.807) is 5.57 Å². The van der Waals surface area contributed by atoms with Crippen LogP contribution < -0.4 is 5.32 Å². The second-order valence-corrected chi connectivity index (χ2v) is 16.4. The number of carbonyl (C=O) groups excluding carboxylic acids is 2. The van der Waals surface area contributed by atoms with Gasteiger partial charge >= 0.3 is 0 Å². The Bertz CT molecular complexity index is 1760. The van der Waals surface area contributed by atoms with Crippen LogP contribution in [0.1, 0.15) is 150 Å². The van der Waals surface area contributed by atoms with E-state index in [-0.39, 0.29) is 5.54 Å². The number of unbranched alkanes of at least 4 members (excludes halogenated alkanes) is 3. The number of piperidine rings is 1. The summed E-state index contributed by atoms with van der Waals surface area (Å²) >= 11 is 0. The largest absolute Gasteiger partial charge is 0.511 e. The van der Waals surface area contributed by atoms with E-state index in [0.717, 1.165) is 69.4 Å². The van der Waals surface area contributed by atoms with E-state index in [4.69, 9.17) is 4.98 Å². The maximum atomic E-state index is 11.8. The Hall–Kier alpha value is -4.23. The molecule has 7 heteroatoms. The summed E-state index contributed by atoms with van der Waals surface area (Å²) in [5.41, 5.74) is 6.08. The molecule has 3 heterocycles. The maximum absolute atomic E-state index is 11.8. The van der Waals surface area contributed by atoms with Gasteiger partial charge in [0, 0.05) is 42.9 Å². The number of rotatable bonds is 15. The van der Waals surface area contributed by atoms with E-state index < -0.39 is 0 Å². The number of nitrogens with zero attached hydrogens (tertiary/aromatic N) is 3. The van der Waals surface area contributed by atoms with Crippen molar-refractivity contribution in [3.63, 3.8) is 0 Å². The quantitative estimate of drug-likeness (QED) is 0.0690. The van der Waals surface area contributed by atoms with Crippen LogP contribution in [-0.2, 0) is 16.0 Å². The van der Waals surface area contributed by atoms with Gasteiger partial charge in [-0.15, -0.1) is 0 Å². The molecular formula is C53H80N4O3. The lowest BCUT2D eigenvalue weighted by Crippen LogP contribution is -2.34. The Morgan fingerprint density at radius 2 is 1.63 bits per heavy atom. The smallest absolute Gasteiger partial charge is 0.223 e. The van der Waals surface area contributed by atoms with Gasteiger partial charge in [-0.2, -0.15) is 0 Å². The molecule has 60 heavy (non-hydrogen) atoms. The Labute approximate surface area is 364 Å². The van der Waals surface area contributed by atoms with Gasteiger partial charge < -0.3 is 20.2 Å². The molecule has 1 aromatic heterocycles. The summed E-state index contributed by atoms with van der Waals surface area (Å²) < 4.78 is 0. The summed E-state index contributed by atoms with van der Waals surface area (Å²) in [5, 5.41) is 14.5. The molecule has 2 aliphatic carbocycles. The lowest BCUT2D eigenvalue weighted by Gasteiger charge is -2.22. The van der Waals surface area contributed by atoms with Crippen molar-refractivity contribution >= 4 is 23.2 Å². The molecule has 330 valence electrons. The number of hydrogen-bond acceptors (Lipinski definition) is 5. The molecule has 7 nitrogen and oxygen atoms in total. The number of amides is 2. The minimum Gasteiger partial charge on any atom is -0.511 e. The molecule has 7 rings (SSSR count). The lowest BCUT2D eigenvalue weighted by atomic mass is 10.1. The molecule has 3 aromatic rings. The van der Waals surface area contributed by atoms with Crippen LogP contribution in [0.25, 0.3) is 22.2 Å². The molecule has 2 aliphatic heterocycles. The van der Waals surface area contributed by atoms with E-state index in [1.807, 2.05) is 37.9 Å². The van der Waals surface area contributed by atoms with Gasteiger partial charge in [-0.3, -0.25) is 9.59 Å². The molecule has 0 bridgehead atoms. The first-order valence-corrected chi connectivity index (χ1v) is 23.7. The van der Waals surface area contributed by atoms with Crippen LogP contribution in [0, 0.1) is 5.92 Å². The number of benzene rings is 2. The van der Waals surface area contributed by atoms with Gasteiger partial charge in [0.1, 0.15) is 5.76 Å². The van der Waals surface area contributed by atoms with E-state index in [1.165, 1.54) is 93.6 Å². The maximum Gasteiger partial charge on any atom is 0.223 e. The van der Waals surface area contributed by atoms with Crippen molar-refractivity contribution in [3.8, 4) is 11.3 Å². The summed E-state index contributed by atoms with van der Waals surface area (Å²) in [6.07, 6.45) is 29.3. The van der Waals surface area contributed by atoms with Gasteiger partial charge in [0.15, 0.2) is 0 Å². The van der Waals surface area contributed by atoms with Crippen molar-refractivity contribution in [1.82, 2.24) is 20.1 Å². The Balaban J connectivity index is 0.000000218. The molecule has 2 amide bonds. The molecule has 3 unspecified atom stereocenters. The Morgan fingerprint density at radius 1 is 0.900 bits per heavy atom. The number of allylic oxidation sites excluding steroid dienone is 3. The fourth-order valence-electron chi connectivity index (χ4n) is 7.92. The highest BCUT2D eigenvalue weighted by atomic mass is 16.3. The zero-order chi connectivity index (χ0) is 43.6. The van der Waals surface area contributed by atoms with Gasteiger partial charge in [-0.05, 0) is 114 Å². The van der Waals surface area contributed by atoms with E-state index in [9.17, 15) is 14.7 Å². The van der Waals surface area contributed by atoms with Gasteiger partial charge in [-0.25, -0.2) is 4.98 Å². The molecule has 0 radical (unpaired) electrons. The topological polar surface area (TPSA) is 85.8 Å². The second-order valence-electron chi connectivity index (χ2n) is 16.4. The first kappa shape index (κ1) is 50.1. The van der Waals surface area contributed by atoms with Crippen LogP contribution in [0.15, 0.2) is 96.3 Å². The highest BCUT2D eigenvalue weighted by Gasteiger charge is 2.54. The number of nitrogens with one attached hydrogen (secondary N) is 1. The molecule has 4 fully saturated rings. The highest BCUT2D eigenvalue weighted by molar-refractivity contribution is 5.82. The van der Waals surface area contributed by atoms with Crippen molar-refractivity contribution in [1.29, 1.82) is 0 Å². The summed E-state index contributed by atoms with van der Waals surface area (Å²) in [5.74, 6) is 1.34. The summed E-state index contributed by atoms with van der Waals surface area (Å²) in [7, 11) is 1.94. The molecule has 2 saturated heterocycles. The van der Waals surface area contributed by atoms with Crippen LogP contribution in [0.2, 0.25) is 0 Å². The van der Waals surface area contributed by atoms with Crippen LogP contribution >= 0.6 is 0 Å². The highest BCUT2D eigenvalue weighted by Crippen LogP contribution is 2.49. The van der Waals surface area contributed by atoms with Crippen LogP contribution in [0.3, 0.4) is 0 Å². The van der Waals surface area contributed by atoms with Crippen LogP contribution in [-0.4, -0.2) is 70.5 Å². The average molecular weight is 821 g/mol. The number of aliphatic hydroxyl groups excluding tert-OH is 1. The van der Waals surface area contributed by atoms with Crippen LogP contribution in [0.5, 0.6) is 0 Å². The number of likely N-dealkylation sites (N-methyl/N-ethyl adjacent to an activating group) is 1. The first-order valence-electron chi connectivity index (χ1n) is 23.7. The van der Waals surface area contributed by atoms with Gasteiger partial charge in [0.05, 0.1) is 22.8 Å². The van der Waals surface area contributed by atoms with Gasteiger partial charge in [-0.1, -0.05) is 133 Å². The molecular weight excluding hydrogens is 741 g/mol. The summed E-state index contributed by atoms with van der Waals surface area (Å²) in [4.78, 5) is 30.5. The summed E-state index contributed by atoms with van der Waals surface area (Å²) in [6.45, 7) is 15.5. The average Bonchev–Trinajstić information content (AvgIpc) is 4.21. The van der Waals surface area contributed by atoms with Crippen LogP contribution in [0.4, 0.5) is 0 Å². The third-order valence-electron chi connectivity index (χ3n) is 11.6. The van der Waals surface area contributed by atoms with Crippen molar-refractivity contribution in [2.75, 3.05) is 26.7 Å². The normalized spacial score (nSPS) is 20.4. The molecule has 2 N–H and O–H groups in total. The zero-order valence-electron chi connectivity index (χ0n) is 38.6. The molecule has 3 atom stereocenters. The number of aliphatic hydroxyl groups is 1. The number of aromatic nitrogens is 1. The third-order valence-corrected chi connectivity index (χ3v) is 11.6. The van der Waals surface area contributed by atoms with Gasteiger partial charge in [0.2, 0.25) is 12.3 Å². The predicted molar refractivity (Wildman–Crippen MR) is 255 cm³/mol. The summed E-state index contributed by atoms with van der Waals surface area (Å²) in [6, 6.07) is 21.6. The SMILES string of the molecule is CC.CC/C=C(/O)C1(NC)CC1/C=C\CCCCC.CCCC(=O)N1CCCC1C=C1CC1.CCCc1ccc2ccc(-c3ccccc3)nc2c1.O=CN1CCCCC1. The monoisotopic (exact) mass is 821 g/mol. The molecule has 2 aromatic carbocycles. The van der Waals surface area contributed by atoms with Gasteiger partial charge in [0.25, 0.3) is 0 Å². The fraction of sp³-hybridized carbons (Fsp3) is 0.566.